The molecule has 2 rings (SSSR count). The van der Waals surface area contributed by atoms with Crippen molar-refractivity contribution >= 4 is 77.0 Å². The number of nitrogens with one attached hydrogen (secondary N) is 7. The number of likely N-dealkylation sites (tertiary alicyclic amines) is 1. The molecule has 0 saturated carbocycles. The van der Waals surface area contributed by atoms with Crippen LogP contribution in [0.25, 0.3) is 0 Å². The Balaban J connectivity index is 2.44. The van der Waals surface area contributed by atoms with Gasteiger partial charge in [-0.1, -0.05) is 44.2 Å². The van der Waals surface area contributed by atoms with E-state index in [1.54, 1.807) is 44.2 Å². The average Bonchev–Trinajstić information content (AvgIpc) is 3.85. The number of benzene rings is 1. The molecule has 0 aromatic heterocycles. The highest BCUT2D eigenvalue weighted by Crippen LogP contribution is 2.18. The minimum atomic E-state index is -1.60. The summed E-state index contributed by atoms with van der Waals surface area (Å²) in [6.45, 7) is 4.66. The number of carbonyl (C=O) groups excluding carboxylic acids is 9. The van der Waals surface area contributed by atoms with E-state index >= 15 is 0 Å². The summed E-state index contributed by atoms with van der Waals surface area (Å²) in [6, 6.07) is -2.81. The molecule has 0 radical (unpaired) electrons. The Kier molecular flexibility index (Phi) is 27.7. The number of nitrogens with two attached hydrogens (primary N) is 6. The molecule has 9 amide bonds. The van der Waals surface area contributed by atoms with E-state index in [9.17, 15) is 63.0 Å². The molecule has 1 aliphatic rings. The molecule has 1 saturated heterocycles. The lowest BCUT2D eigenvalue weighted by atomic mass is 10.0. The molecular formula is C47H76N16O13. The summed E-state index contributed by atoms with van der Waals surface area (Å²) in [5.74, 6) is -11.0. The summed E-state index contributed by atoms with van der Waals surface area (Å²) < 4.78 is 0. The van der Waals surface area contributed by atoms with Crippen molar-refractivity contribution in [3.63, 3.8) is 0 Å². The fraction of sp³-hybridized carbons (Fsp3) is 0.596. The molecular weight excluding hydrogens is 997 g/mol. The molecule has 0 bridgehead atoms. The molecule has 1 aliphatic heterocycles. The normalized spacial score (nSPS) is 15.6. The van der Waals surface area contributed by atoms with Crippen molar-refractivity contribution in [2.45, 2.75) is 146 Å². The molecule has 29 nitrogen and oxygen atoms in total. The van der Waals surface area contributed by atoms with E-state index in [2.05, 4.69) is 47.2 Å². The molecule has 76 heavy (non-hydrogen) atoms. The number of hydrogen-bond donors (Lipinski definition) is 15. The highest BCUT2D eigenvalue weighted by atomic mass is 16.4. The predicted molar refractivity (Wildman–Crippen MR) is 275 cm³/mol. The van der Waals surface area contributed by atoms with Gasteiger partial charge in [-0.15, -0.1) is 0 Å². The standard InChI is InChI=1S/C47H76N16O13/c1-25(2)22-33(45(75)76)62-42(72)30(15-17-35(49)64)58-40(70)28(12-7-19-54-46(50)51)57-43(73)32(23-27-10-5-4-6-11-27)61-38(68)26(3)56-39(69)31(16-18-37(66)67)59-41(71)29(13-8-20-55-47(52)53)60-44(74)34-14-9-21-63(34)36(65)24-48/h4-6,10-11,25-26,28-34H,7-9,12-24,48H2,1-3H3,(H2,49,64)(H,56,69)(H,57,73)(H,58,70)(H,59,71)(H,60,74)(H,61,68)(H,62,72)(H,66,67)(H,75,76)(H4,50,51,54)(H4,52,53,55)/t26-,28-,29-,30-,31-,32-,33-,34-/m0/s1. The first kappa shape index (κ1) is 64.0. The van der Waals surface area contributed by atoms with E-state index in [4.69, 9.17) is 34.4 Å². The van der Waals surface area contributed by atoms with Crippen molar-refractivity contribution in [3.05, 3.63) is 35.9 Å². The number of carboxylic acid groups (broad SMARTS) is 2. The summed E-state index contributed by atoms with van der Waals surface area (Å²) in [5.41, 5.74) is 33.2. The molecule has 0 unspecified atom stereocenters. The Morgan fingerprint density at radius 1 is 0.605 bits per heavy atom. The van der Waals surface area contributed by atoms with Gasteiger partial charge in [-0.05, 0) is 76.2 Å². The summed E-state index contributed by atoms with van der Waals surface area (Å²) in [5, 5.41) is 36.8. The lowest BCUT2D eigenvalue weighted by molar-refractivity contribution is -0.143. The van der Waals surface area contributed by atoms with Crippen LogP contribution in [0, 0.1) is 5.92 Å². The van der Waals surface area contributed by atoms with Crippen molar-refractivity contribution in [1.29, 1.82) is 0 Å². The quantitative estimate of drug-likeness (QED) is 0.0174. The van der Waals surface area contributed by atoms with Crippen LogP contribution in [0.1, 0.15) is 97.0 Å². The summed E-state index contributed by atoms with van der Waals surface area (Å²) >= 11 is 0. The van der Waals surface area contributed by atoms with Gasteiger partial charge in [0.2, 0.25) is 53.2 Å². The Labute approximate surface area is 439 Å². The number of guanidine groups is 2. The molecule has 1 aromatic rings. The lowest BCUT2D eigenvalue weighted by Gasteiger charge is -2.28. The number of amides is 9. The SMILES string of the molecule is CC(C)C[C@H](NC(=O)[C@H](CCC(N)=O)NC(=O)[C@H](CCCN=C(N)N)NC(=O)[C@H](Cc1ccccc1)NC(=O)[C@H](C)NC(=O)[C@H](CCC(=O)O)NC(=O)[C@H](CCCN=C(N)N)NC(=O)[C@@H]1CCCN1C(=O)CN)C(=O)O. The molecule has 8 atom stereocenters. The van der Waals surface area contributed by atoms with Crippen molar-refractivity contribution in [2.24, 2.45) is 50.3 Å². The highest BCUT2D eigenvalue weighted by Gasteiger charge is 2.37. The molecule has 0 aliphatic carbocycles. The van der Waals surface area contributed by atoms with Gasteiger partial charge in [-0.3, -0.25) is 57.9 Å². The number of hydrogen-bond acceptors (Lipinski definition) is 14. The zero-order valence-electron chi connectivity index (χ0n) is 43.1. The molecule has 0 spiro atoms. The molecule has 422 valence electrons. The van der Waals surface area contributed by atoms with E-state index in [0.29, 0.717) is 12.0 Å². The van der Waals surface area contributed by atoms with E-state index in [1.165, 1.54) is 11.8 Å². The first-order valence-electron chi connectivity index (χ1n) is 24.8. The molecule has 29 heteroatoms. The topological polar surface area (TPSA) is 497 Å². The molecule has 1 fully saturated rings. The maximum Gasteiger partial charge on any atom is 0.326 e. The van der Waals surface area contributed by atoms with Crippen LogP contribution in [-0.4, -0.2) is 167 Å². The van der Waals surface area contributed by atoms with Crippen molar-refractivity contribution in [1.82, 2.24) is 42.1 Å². The van der Waals surface area contributed by atoms with Crippen LogP contribution >= 0.6 is 0 Å². The van der Waals surface area contributed by atoms with Crippen LogP contribution < -0.4 is 71.6 Å². The fourth-order valence-electron chi connectivity index (χ4n) is 7.88. The van der Waals surface area contributed by atoms with Crippen molar-refractivity contribution in [3.8, 4) is 0 Å². The minimum absolute atomic E-state index is 0.0102. The second kappa shape index (κ2) is 32.9. The summed E-state index contributed by atoms with van der Waals surface area (Å²) in [6.07, 6.45) is -1.20. The van der Waals surface area contributed by atoms with Gasteiger partial charge in [0.1, 0.15) is 48.3 Å². The third-order valence-electron chi connectivity index (χ3n) is 11.8. The minimum Gasteiger partial charge on any atom is -0.481 e. The number of carboxylic acids is 2. The third kappa shape index (κ3) is 23.8. The zero-order valence-corrected chi connectivity index (χ0v) is 43.1. The largest absolute Gasteiger partial charge is 0.481 e. The first-order chi connectivity index (χ1) is 35.8. The van der Waals surface area contributed by atoms with Gasteiger partial charge in [0, 0.05) is 38.9 Å². The number of primary amides is 1. The van der Waals surface area contributed by atoms with Gasteiger partial charge in [-0.25, -0.2) is 4.79 Å². The first-order valence-corrected chi connectivity index (χ1v) is 24.8. The van der Waals surface area contributed by atoms with Gasteiger partial charge in [0.25, 0.3) is 0 Å². The van der Waals surface area contributed by atoms with Crippen LogP contribution in [0.2, 0.25) is 0 Å². The van der Waals surface area contributed by atoms with Crippen molar-refractivity contribution in [2.75, 3.05) is 26.2 Å². The van der Waals surface area contributed by atoms with Gasteiger partial charge < -0.3 is 86.7 Å². The number of nitrogens with zero attached hydrogens (tertiary/aromatic N) is 3. The van der Waals surface area contributed by atoms with Crippen LogP contribution in [0.5, 0.6) is 0 Å². The van der Waals surface area contributed by atoms with Crippen LogP contribution in [-0.2, 0) is 59.2 Å². The van der Waals surface area contributed by atoms with Crippen LogP contribution in [0.3, 0.4) is 0 Å². The Morgan fingerprint density at radius 2 is 1.07 bits per heavy atom. The monoisotopic (exact) mass is 1070 g/mol. The summed E-state index contributed by atoms with van der Waals surface area (Å²) in [4.78, 5) is 154. The molecule has 1 heterocycles. The second-order valence-corrected chi connectivity index (χ2v) is 18.5. The Morgan fingerprint density at radius 3 is 1.54 bits per heavy atom. The maximum atomic E-state index is 14.3. The maximum absolute atomic E-state index is 14.3. The van der Waals surface area contributed by atoms with Gasteiger partial charge in [-0.2, -0.15) is 0 Å². The van der Waals surface area contributed by atoms with Crippen molar-refractivity contribution < 1.29 is 63.0 Å². The number of aliphatic carboxylic acids is 2. The van der Waals surface area contributed by atoms with Gasteiger partial charge in [0.05, 0.1) is 6.54 Å². The van der Waals surface area contributed by atoms with E-state index in [-0.39, 0.29) is 95.4 Å². The lowest BCUT2D eigenvalue weighted by Crippen LogP contribution is -2.60. The number of aliphatic imine (C=N–C) groups is 2. The highest BCUT2D eigenvalue weighted by molar-refractivity contribution is 5.98. The van der Waals surface area contributed by atoms with Gasteiger partial charge >= 0.3 is 11.9 Å². The van der Waals surface area contributed by atoms with Crippen LogP contribution in [0.4, 0.5) is 0 Å². The van der Waals surface area contributed by atoms with E-state index in [1.807, 2.05) is 0 Å². The summed E-state index contributed by atoms with van der Waals surface area (Å²) in [7, 11) is 0. The fourth-order valence-corrected chi connectivity index (χ4v) is 7.88. The molecule has 1 aromatic carbocycles. The predicted octanol–water partition coefficient (Wildman–Crippen LogP) is -5.04. The number of rotatable bonds is 34. The average molecular weight is 1070 g/mol. The number of carbonyl (C=O) groups is 11. The smallest absolute Gasteiger partial charge is 0.326 e. The Hall–Kier alpha value is -8.11. The third-order valence-corrected chi connectivity index (χ3v) is 11.8. The Bertz CT molecular complexity index is 2240. The second-order valence-electron chi connectivity index (χ2n) is 18.5. The van der Waals surface area contributed by atoms with E-state index in [0.717, 1.165) is 0 Å². The zero-order chi connectivity index (χ0) is 57.1. The van der Waals surface area contributed by atoms with Crippen LogP contribution in [0.15, 0.2) is 40.3 Å². The van der Waals surface area contributed by atoms with E-state index < -0.39 is 133 Å². The van der Waals surface area contributed by atoms with Gasteiger partial charge in [0.15, 0.2) is 11.9 Å². The molecule has 21 N–H and O–H groups in total.